The van der Waals surface area contributed by atoms with Gasteiger partial charge in [0.1, 0.15) is 35.7 Å². The van der Waals surface area contributed by atoms with E-state index in [0.717, 1.165) is 45.6 Å². The minimum Gasteiger partial charge on any atom is -0.458 e. The number of aliphatic hydroxyl groups excluding tert-OH is 8. The number of carbonyl (C=O) groups excluding carboxylic acids is 6. The Morgan fingerprint density at radius 3 is 1.10 bits per heavy atom. The zero-order valence-corrected chi connectivity index (χ0v) is 68.6. The number of epoxide rings is 1. The fourth-order valence-electron chi connectivity index (χ4n) is 14.2. The lowest BCUT2D eigenvalue weighted by Crippen LogP contribution is -2.46. The van der Waals surface area contributed by atoms with E-state index in [9.17, 15) is 69.6 Å². The van der Waals surface area contributed by atoms with Gasteiger partial charge in [0.05, 0.1) is 141 Å². The van der Waals surface area contributed by atoms with E-state index in [4.69, 9.17) is 30.0 Å². The van der Waals surface area contributed by atoms with Gasteiger partial charge in [-0.25, -0.2) is 15.0 Å². The van der Waals surface area contributed by atoms with Crippen LogP contribution in [0.4, 0.5) is 0 Å². The molecule has 0 radical (unpaired) electrons. The van der Waals surface area contributed by atoms with Crippen LogP contribution in [0.1, 0.15) is 240 Å². The standard InChI is InChI=1S/2C26H40N4O6S.C26H39NO6S.CH4/c1-14-8-7-9-20(31)19(29-30-27)11-21(15(2)10-18-13-37-17(4)28-18)36-23(33)12-22(32)26(5,6)25(35)16(3)24(14)34;1-14-8-7-9-19(29-30-27)20(31)11-21(15(2)10-18-13-37-17(4)28-18)36-23(33)12-22(32)26(5,6)25(35)16(3)24(14)34;1-14-8-7-9-19-21(32-19)11-20(15(2)10-18-13-34-17(4)27-18)33-23(29)12-22(28)26(5,6)25(31)16(3)24(14)30;/h2*10,13-14,16,19-22,24,31-32,34H,7-9,11-12H2,1-6H3;10,13-14,16,19-22,24,28,30H,7-9,11-12H2,1-6H3;1H4/b3*15-10+;/t14-,16+,19-,20-,21?,22-,24-;14-,16+,19+,20+,21?,22-,24-;14-,16+,19-,20?,21?,22-,24-;/m000./s1. The Labute approximate surface area is 655 Å². The molecule has 4 fully saturated rings. The monoisotopic (exact) mass is 1580 g/mol. The van der Waals surface area contributed by atoms with E-state index in [1.54, 1.807) is 99.6 Å². The van der Waals surface area contributed by atoms with Crippen LogP contribution >= 0.6 is 34.0 Å². The third-order valence-electron chi connectivity index (χ3n) is 22.2. The maximum atomic E-state index is 13.2. The van der Waals surface area contributed by atoms with Crippen LogP contribution in [0, 0.1) is 72.5 Å². The largest absolute Gasteiger partial charge is 0.458 e. The van der Waals surface area contributed by atoms with Gasteiger partial charge >= 0.3 is 17.9 Å². The molecule has 7 heterocycles. The Kier molecular flexibility index (Phi) is 37.7. The minimum absolute atomic E-state index is 0. The van der Waals surface area contributed by atoms with Crippen LogP contribution in [0.15, 0.2) is 43.1 Å². The zero-order valence-electron chi connectivity index (χ0n) is 66.1. The number of aliphatic hydroxyl groups is 8. The molecule has 4 unspecified atom stereocenters. The van der Waals surface area contributed by atoms with Crippen LogP contribution in [0.5, 0.6) is 0 Å². The first-order valence-corrected chi connectivity index (χ1v) is 40.3. The fourth-order valence-corrected chi connectivity index (χ4v) is 15.9. The molecule has 30 heteroatoms. The van der Waals surface area contributed by atoms with Crippen molar-refractivity contribution in [2.24, 2.45) is 62.0 Å². The molecule has 0 aliphatic carbocycles. The number of fused-ring (bicyclic) bond motifs is 1. The van der Waals surface area contributed by atoms with E-state index < -0.39 is 144 Å². The molecule has 0 saturated carbocycles. The number of thiazole rings is 3. The van der Waals surface area contributed by atoms with Crippen molar-refractivity contribution in [2.45, 2.75) is 320 Å². The lowest BCUT2D eigenvalue weighted by molar-refractivity contribution is -0.156. The number of cyclic esters (lactones) is 3. The van der Waals surface area contributed by atoms with Crippen molar-refractivity contribution in [1.82, 2.24) is 15.0 Å². The molecule has 0 bridgehead atoms. The predicted octanol–water partition coefficient (Wildman–Crippen LogP) is 13.4. The lowest BCUT2D eigenvalue weighted by Gasteiger charge is -2.35. The van der Waals surface area contributed by atoms with Gasteiger partial charge in [0.2, 0.25) is 0 Å². The van der Waals surface area contributed by atoms with E-state index in [1.807, 2.05) is 70.7 Å². The van der Waals surface area contributed by atoms with Crippen molar-refractivity contribution in [1.29, 1.82) is 0 Å². The molecule has 610 valence electrons. The van der Waals surface area contributed by atoms with E-state index in [2.05, 4.69) is 35.0 Å². The van der Waals surface area contributed by atoms with Crippen molar-refractivity contribution in [3.05, 3.63) is 85.8 Å². The van der Waals surface area contributed by atoms with Gasteiger partial charge in [-0.15, -0.1) is 34.0 Å². The van der Waals surface area contributed by atoms with Crippen molar-refractivity contribution >= 4 is 87.5 Å². The molecule has 8 N–H and O–H groups in total. The zero-order chi connectivity index (χ0) is 81.0. The highest BCUT2D eigenvalue weighted by Crippen LogP contribution is 2.39. The number of nitrogens with zero attached hydrogens (tertiary/aromatic N) is 9. The number of hydrogen-bond donors (Lipinski definition) is 8. The highest BCUT2D eigenvalue weighted by atomic mass is 32.1. The summed E-state index contributed by atoms with van der Waals surface area (Å²) in [6, 6.07) is -1.63. The minimum atomic E-state index is -1.34. The van der Waals surface area contributed by atoms with Crippen molar-refractivity contribution in [2.75, 3.05) is 0 Å². The van der Waals surface area contributed by atoms with E-state index in [0.29, 0.717) is 67.5 Å². The summed E-state index contributed by atoms with van der Waals surface area (Å²) < 4.78 is 23.1. The number of carbonyl (C=O) groups is 6. The molecule has 3 aromatic rings. The van der Waals surface area contributed by atoms with Gasteiger partial charge in [-0.2, -0.15) is 0 Å². The molecule has 0 aromatic carbocycles. The molecular weight excluding hydrogens is 1460 g/mol. The highest BCUT2D eigenvalue weighted by Gasteiger charge is 2.47. The second-order valence-electron chi connectivity index (χ2n) is 32.1. The summed E-state index contributed by atoms with van der Waals surface area (Å²) in [6.07, 6.45) is -0.569. The first-order valence-electron chi connectivity index (χ1n) is 37.7. The molecule has 7 rings (SSSR count). The van der Waals surface area contributed by atoms with Gasteiger partial charge in [0.25, 0.3) is 0 Å². The molecule has 3 aromatic heterocycles. The van der Waals surface area contributed by atoms with Crippen molar-refractivity contribution in [3.8, 4) is 0 Å². The Morgan fingerprint density at radius 1 is 0.459 bits per heavy atom. The molecule has 0 amide bonds. The summed E-state index contributed by atoms with van der Waals surface area (Å²) in [5, 5.41) is 103. The third kappa shape index (κ3) is 27.8. The molecule has 27 nitrogen and oxygen atoms in total. The Hall–Kier alpha value is -6.21. The van der Waals surface area contributed by atoms with Gasteiger partial charge in [0, 0.05) is 56.6 Å². The lowest BCUT2D eigenvalue weighted by atomic mass is 9.73. The number of rotatable bonds is 8. The number of azide groups is 2. The summed E-state index contributed by atoms with van der Waals surface area (Å²) in [4.78, 5) is 97.4. The first kappa shape index (κ1) is 95.2. The average molecular weight is 1580 g/mol. The van der Waals surface area contributed by atoms with Crippen LogP contribution in [0.3, 0.4) is 0 Å². The van der Waals surface area contributed by atoms with Crippen LogP contribution in [0.25, 0.3) is 39.1 Å². The Bertz CT molecular complexity index is 3690. The molecular formula is C79H123N9O18S3. The topological polar surface area (TPSA) is 441 Å². The predicted molar refractivity (Wildman–Crippen MR) is 421 cm³/mol. The summed E-state index contributed by atoms with van der Waals surface area (Å²) in [5.41, 5.74) is 18.8. The number of hydrogen-bond acceptors (Lipinski definition) is 26. The van der Waals surface area contributed by atoms with Gasteiger partial charge in [-0.05, 0) is 150 Å². The molecule has 4 aliphatic heterocycles. The number of aryl methyl sites for hydroxylation is 3. The second-order valence-corrected chi connectivity index (χ2v) is 35.2. The molecule has 4 aliphatic rings. The number of Topliss-reactive ketones (excluding diaryl/α,β-unsaturated/α-hetero) is 3. The molecule has 4 saturated heterocycles. The highest BCUT2D eigenvalue weighted by molar-refractivity contribution is 7.10. The van der Waals surface area contributed by atoms with E-state index in [1.165, 1.54) is 22.7 Å². The summed E-state index contributed by atoms with van der Waals surface area (Å²) in [5.74, 6) is -5.67. The Morgan fingerprint density at radius 2 is 0.771 bits per heavy atom. The Balaban J connectivity index is 0.000000344. The van der Waals surface area contributed by atoms with Gasteiger partial charge in [0.15, 0.2) is 0 Å². The van der Waals surface area contributed by atoms with Crippen molar-refractivity contribution < 1.29 is 88.6 Å². The van der Waals surface area contributed by atoms with Crippen LogP contribution in [-0.4, -0.2) is 182 Å². The van der Waals surface area contributed by atoms with E-state index in [-0.39, 0.29) is 74.0 Å². The van der Waals surface area contributed by atoms with Gasteiger partial charge < -0.3 is 59.8 Å². The number of aromatic nitrogens is 3. The van der Waals surface area contributed by atoms with Crippen LogP contribution in [-0.2, 0) is 47.7 Å². The maximum absolute atomic E-state index is 13.2. The maximum Gasteiger partial charge on any atom is 0.309 e. The molecule has 109 heavy (non-hydrogen) atoms. The fraction of sp³-hybridized carbons (Fsp3) is 0.734. The second kappa shape index (κ2) is 43.2. The quantitative estimate of drug-likeness (QED) is 0.0259. The average Bonchev–Trinajstić information content (AvgIpc) is 1.47. The van der Waals surface area contributed by atoms with Crippen LogP contribution < -0.4 is 0 Å². The van der Waals surface area contributed by atoms with Gasteiger partial charge in [-0.3, -0.25) is 28.8 Å². The van der Waals surface area contributed by atoms with Crippen molar-refractivity contribution in [3.63, 3.8) is 0 Å². The normalized spacial score (nSPS) is 33.6. The van der Waals surface area contributed by atoms with Gasteiger partial charge in [-0.1, -0.05) is 120 Å². The first-order chi connectivity index (χ1) is 50.4. The summed E-state index contributed by atoms with van der Waals surface area (Å²) in [7, 11) is 0. The molecule has 0 spiro atoms. The number of ether oxygens (including phenoxy) is 4. The summed E-state index contributed by atoms with van der Waals surface area (Å²) >= 11 is 4.51. The third-order valence-corrected chi connectivity index (χ3v) is 24.6. The summed E-state index contributed by atoms with van der Waals surface area (Å²) in [6.45, 7) is 31.2. The number of ketones is 3. The smallest absolute Gasteiger partial charge is 0.309 e. The molecule has 21 atom stereocenters. The SMILES string of the molecule is C.C/C(=C\c1csc(C)n1)C1CC2O[C@H]2CCC[C@H](C)[C@H](O)[C@@H](C)C(=O)C(C)(C)[C@@H](O)CC(=O)O1.C/C(=C\c1csc(C)n1)C1C[C@@H](O)[C@H](N=[N+]=[N-])CCC[C@H](C)[C@H](O)[C@@H](C)C(=O)C(C)(C)[C@@H](O)CC(=O)O1.C/C(=C\c1csc(C)n1)C1C[C@H](N=[N+]=[N-])[C@@H](O)CCC[C@H](C)[C@H](O)[C@@H](C)C(=O)C(C)(C)[C@@H](O)CC(=O)O1. The number of esters is 3. The van der Waals surface area contributed by atoms with E-state index >= 15 is 0 Å². The van der Waals surface area contributed by atoms with Crippen LogP contribution in [0.2, 0.25) is 0 Å².